The fourth-order valence-electron chi connectivity index (χ4n) is 1.90. The van der Waals surface area contributed by atoms with Crippen molar-refractivity contribution in [3.05, 3.63) is 42.1 Å². The number of H-pyrrole nitrogens is 1. The fraction of sp³-hybridized carbons (Fsp3) is 0.154. The minimum absolute atomic E-state index is 0.315. The predicted molar refractivity (Wildman–Crippen MR) is 67.7 cm³/mol. The van der Waals surface area contributed by atoms with Gasteiger partial charge in [0.1, 0.15) is 6.04 Å². The molecule has 88 valence electrons. The van der Waals surface area contributed by atoms with Crippen LogP contribution >= 0.6 is 0 Å². The number of nitrogens with two attached hydrogens (primary N) is 1. The first kappa shape index (κ1) is 11.4. The Balaban J connectivity index is 2.43. The molecule has 0 amide bonds. The summed E-state index contributed by atoms with van der Waals surface area (Å²) in [4.78, 5) is 13.9. The molecule has 4 heteroatoms. The fourth-order valence-corrected chi connectivity index (χ4v) is 1.90. The highest BCUT2D eigenvalue weighted by Crippen LogP contribution is 2.23. The van der Waals surface area contributed by atoms with Crippen LogP contribution in [0.2, 0.25) is 0 Å². The maximum Gasteiger partial charge on any atom is 0.320 e. The van der Waals surface area contributed by atoms with Gasteiger partial charge in [0.15, 0.2) is 0 Å². The molecule has 0 radical (unpaired) electrons. The van der Waals surface area contributed by atoms with Gasteiger partial charge in [0, 0.05) is 18.0 Å². The number of rotatable bonds is 4. The van der Waals surface area contributed by atoms with Crippen molar-refractivity contribution < 1.29 is 9.90 Å². The van der Waals surface area contributed by atoms with Crippen LogP contribution < -0.4 is 5.73 Å². The molecule has 1 unspecified atom stereocenters. The third-order valence-corrected chi connectivity index (χ3v) is 2.81. The molecule has 0 bridgehead atoms. The number of carboxylic acids is 1. The number of benzene rings is 1. The van der Waals surface area contributed by atoms with Crippen LogP contribution in [-0.2, 0) is 11.2 Å². The Labute approximate surface area is 98.8 Å². The third kappa shape index (κ3) is 2.07. The molecule has 4 nitrogen and oxygen atoms in total. The van der Waals surface area contributed by atoms with E-state index in [0.29, 0.717) is 6.42 Å². The van der Waals surface area contributed by atoms with Gasteiger partial charge in [0.05, 0.1) is 5.52 Å². The molecule has 2 aromatic rings. The van der Waals surface area contributed by atoms with Crippen molar-refractivity contribution in [2.24, 2.45) is 5.73 Å². The van der Waals surface area contributed by atoms with E-state index in [-0.39, 0.29) is 0 Å². The minimum Gasteiger partial charge on any atom is -0.480 e. The molecule has 0 aliphatic heterocycles. The summed E-state index contributed by atoms with van der Waals surface area (Å²) in [5.41, 5.74) is 8.42. The number of para-hydroxylation sites is 1. The molecular formula is C13H14N2O2. The SMILES string of the molecule is C=Cc1cccc2c(CC(N)C(=O)O)c[nH]c12. The van der Waals surface area contributed by atoms with E-state index in [1.54, 1.807) is 12.3 Å². The van der Waals surface area contributed by atoms with E-state index in [2.05, 4.69) is 11.6 Å². The molecule has 0 saturated heterocycles. The van der Waals surface area contributed by atoms with E-state index in [1.807, 2.05) is 18.2 Å². The van der Waals surface area contributed by atoms with Crippen molar-refractivity contribution in [1.82, 2.24) is 4.98 Å². The lowest BCUT2D eigenvalue weighted by molar-refractivity contribution is -0.138. The molecule has 17 heavy (non-hydrogen) atoms. The molecule has 4 N–H and O–H groups in total. The lowest BCUT2D eigenvalue weighted by atomic mass is 10.0. The molecule has 0 aliphatic carbocycles. The van der Waals surface area contributed by atoms with E-state index in [4.69, 9.17) is 10.8 Å². The maximum absolute atomic E-state index is 10.7. The van der Waals surface area contributed by atoms with Gasteiger partial charge >= 0.3 is 5.97 Å². The summed E-state index contributed by atoms with van der Waals surface area (Å²) in [7, 11) is 0. The van der Waals surface area contributed by atoms with Gasteiger partial charge in [-0.05, 0) is 11.1 Å². The summed E-state index contributed by atoms with van der Waals surface area (Å²) in [5, 5.41) is 9.80. The highest BCUT2D eigenvalue weighted by molar-refractivity contribution is 5.90. The van der Waals surface area contributed by atoms with Gasteiger partial charge in [-0.15, -0.1) is 0 Å². The summed E-state index contributed by atoms with van der Waals surface area (Å²) in [6, 6.07) is 4.94. The van der Waals surface area contributed by atoms with Gasteiger partial charge in [-0.1, -0.05) is 30.9 Å². The quantitative estimate of drug-likeness (QED) is 0.748. The zero-order chi connectivity index (χ0) is 12.4. The summed E-state index contributed by atoms with van der Waals surface area (Å²) >= 11 is 0. The second-order valence-corrected chi connectivity index (χ2v) is 3.94. The van der Waals surface area contributed by atoms with Crippen LogP contribution in [-0.4, -0.2) is 22.1 Å². The number of hydrogen-bond donors (Lipinski definition) is 3. The van der Waals surface area contributed by atoms with Crippen molar-refractivity contribution in [2.75, 3.05) is 0 Å². The number of aliphatic carboxylic acids is 1. The molecule has 1 aromatic heterocycles. The highest BCUT2D eigenvalue weighted by atomic mass is 16.4. The van der Waals surface area contributed by atoms with Gasteiger partial charge in [-0.2, -0.15) is 0 Å². The molecular weight excluding hydrogens is 216 g/mol. The largest absolute Gasteiger partial charge is 0.480 e. The molecule has 0 saturated carbocycles. The van der Waals surface area contributed by atoms with Crippen molar-refractivity contribution >= 4 is 22.9 Å². The topological polar surface area (TPSA) is 79.1 Å². The number of nitrogens with one attached hydrogen (secondary N) is 1. The van der Waals surface area contributed by atoms with Crippen LogP contribution in [0.4, 0.5) is 0 Å². The van der Waals surface area contributed by atoms with Gasteiger partial charge in [-0.25, -0.2) is 0 Å². The lowest BCUT2D eigenvalue weighted by Crippen LogP contribution is -2.32. The van der Waals surface area contributed by atoms with Crippen LogP contribution in [0.25, 0.3) is 17.0 Å². The van der Waals surface area contributed by atoms with Crippen LogP contribution in [0.15, 0.2) is 31.0 Å². The monoisotopic (exact) mass is 230 g/mol. The Hall–Kier alpha value is -2.07. The van der Waals surface area contributed by atoms with Gasteiger partial charge in [0.2, 0.25) is 0 Å². The Bertz CT molecular complexity index is 572. The van der Waals surface area contributed by atoms with E-state index in [9.17, 15) is 4.79 Å². The van der Waals surface area contributed by atoms with Crippen molar-refractivity contribution in [3.63, 3.8) is 0 Å². The molecule has 0 aliphatic rings. The minimum atomic E-state index is -0.987. The van der Waals surface area contributed by atoms with Crippen molar-refractivity contribution in [2.45, 2.75) is 12.5 Å². The van der Waals surface area contributed by atoms with E-state index < -0.39 is 12.0 Å². The second kappa shape index (κ2) is 4.43. The standard InChI is InChI=1S/C13H14N2O2/c1-2-8-4-3-5-10-9(7-15-12(8)10)6-11(14)13(16)17/h2-5,7,11,15H,1,6,14H2,(H,16,17). The molecule has 0 spiro atoms. The first-order valence-corrected chi connectivity index (χ1v) is 5.33. The Kier molecular flexibility index (Phi) is 2.97. The van der Waals surface area contributed by atoms with E-state index >= 15 is 0 Å². The number of aromatic amines is 1. The highest BCUT2D eigenvalue weighted by Gasteiger charge is 2.15. The van der Waals surface area contributed by atoms with E-state index in [0.717, 1.165) is 22.0 Å². The Morgan fingerprint density at radius 2 is 2.35 bits per heavy atom. The van der Waals surface area contributed by atoms with Crippen LogP contribution in [0, 0.1) is 0 Å². The van der Waals surface area contributed by atoms with Gasteiger partial charge in [0.25, 0.3) is 0 Å². The molecule has 1 heterocycles. The van der Waals surface area contributed by atoms with Crippen molar-refractivity contribution in [1.29, 1.82) is 0 Å². The number of carboxylic acid groups (broad SMARTS) is 1. The first-order chi connectivity index (χ1) is 8.13. The number of fused-ring (bicyclic) bond motifs is 1. The third-order valence-electron chi connectivity index (χ3n) is 2.81. The zero-order valence-corrected chi connectivity index (χ0v) is 9.31. The van der Waals surface area contributed by atoms with Crippen LogP contribution in [0.5, 0.6) is 0 Å². The number of carbonyl (C=O) groups is 1. The predicted octanol–water partition coefficient (Wildman–Crippen LogP) is 1.77. The second-order valence-electron chi connectivity index (χ2n) is 3.94. The molecule has 2 rings (SSSR count). The Morgan fingerprint density at radius 3 is 3.00 bits per heavy atom. The normalized spacial score (nSPS) is 12.5. The molecule has 1 aromatic carbocycles. The first-order valence-electron chi connectivity index (χ1n) is 5.33. The van der Waals surface area contributed by atoms with E-state index in [1.165, 1.54) is 0 Å². The van der Waals surface area contributed by atoms with Gasteiger partial charge < -0.3 is 15.8 Å². The molecule has 0 fully saturated rings. The lowest BCUT2D eigenvalue weighted by Gasteiger charge is -2.05. The number of aromatic nitrogens is 1. The summed E-state index contributed by atoms with van der Waals surface area (Å²) in [6.45, 7) is 3.74. The summed E-state index contributed by atoms with van der Waals surface area (Å²) in [5.74, 6) is -0.987. The number of hydrogen-bond acceptors (Lipinski definition) is 2. The molecule has 1 atom stereocenters. The summed E-state index contributed by atoms with van der Waals surface area (Å²) in [6.07, 6.45) is 3.89. The Morgan fingerprint density at radius 1 is 1.59 bits per heavy atom. The van der Waals surface area contributed by atoms with Crippen LogP contribution in [0.3, 0.4) is 0 Å². The smallest absolute Gasteiger partial charge is 0.320 e. The van der Waals surface area contributed by atoms with Crippen LogP contribution in [0.1, 0.15) is 11.1 Å². The van der Waals surface area contributed by atoms with Gasteiger partial charge in [-0.3, -0.25) is 4.79 Å². The average molecular weight is 230 g/mol. The zero-order valence-electron chi connectivity index (χ0n) is 9.31. The van der Waals surface area contributed by atoms with Crippen molar-refractivity contribution in [3.8, 4) is 0 Å². The average Bonchev–Trinajstić information content (AvgIpc) is 2.72. The summed E-state index contributed by atoms with van der Waals surface area (Å²) < 4.78 is 0. The maximum atomic E-state index is 10.7.